The number of rotatable bonds is 5. The van der Waals surface area contributed by atoms with E-state index in [9.17, 15) is 9.59 Å². The lowest BCUT2D eigenvalue weighted by atomic mass is 10.2. The van der Waals surface area contributed by atoms with Gasteiger partial charge < -0.3 is 20.0 Å². The third kappa shape index (κ3) is 5.87. The number of nitrogens with zero attached hydrogens (tertiary/aromatic N) is 2. The molecule has 1 aliphatic heterocycles. The predicted octanol–water partition coefficient (Wildman–Crippen LogP) is 3.95. The first-order valence-electron chi connectivity index (χ1n) is 8.73. The maximum absolute atomic E-state index is 9.55. The first-order valence-corrected chi connectivity index (χ1v) is 9.55. The lowest BCUT2D eigenvalue weighted by molar-refractivity contribution is -0.134. The smallest absolute Gasteiger partial charge is 0.328 e. The summed E-state index contributed by atoms with van der Waals surface area (Å²) in [5, 5.41) is 15.6. The summed E-state index contributed by atoms with van der Waals surface area (Å²) in [6.07, 6.45) is 1.12. The van der Waals surface area contributed by atoms with E-state index in [0.29, 0.717) is 18.2 Å². The van der Waals surface area contributed by atoms with Gasteiger partial charge in [0.05, 0.1) is 11.4 Å². The van der Waals surface area contributed by atoms with E-state index in [1.807, 2.05) is 11.8 Å². The maximum atomic E-state index is 9.55. The molecule has 0 saturated heterocycles. The minimum atomic E-state index is -1.26. The molecular weight excluding hydrogens is 376 g/mol. The van der Waals surface area contributed by atoms with Crippen molar-refractivity contribution in [3.8, 4) is 0 Å². The third-order valence-electron chi connectivity index (χ3n) is 4.23. The van der Waals surface area contributed by atoms with Crippen LogP contribution in [0.2, 0.25) is 0 Å². The first kappa shape index (κ1) is 21.5. The first-order chi connectivity index (χ1) is 13.3. The van der Waals surface area contributed by atoms with Gasteiger partial charge in [0.25, 0.3) is 0 Å². The van der Waals surface area contributed by atoms with E-state index < -0.39 is 11.9 Å². The number of carboxylic acids is 2. The Morgan fingerprint density at radius 2 is 1.39 bits per heavy atom. The standard InChI is InChI=1S/C17H20N2S.C4H4O4/c1-13(18(2)3)12-19-14-8-4-6-10-16(14)20-17-11-7-5-9-15(17)19;5-3(6)1-2-4(7)8/h4-11,13H,12H2,1-3H3;1-2H,(H,5,6)(H,7,8)/b;2-1+. The molecule has 0 spiro atoms. The average molecular weight is 401 g/mol. The molecule has 0 fully saturated rings. The second kappa shape index (κ2) is 9.96. The second-order valence-corrected chi connectivity index (χ2v) is 7.55. The van der Waals surface area contributed by atoms with Gasteiger partial charge in [-0.1, -0.05) is 36.0 Å². The summed E-state index contributed by atoms with van der Waals surface area (Å²) >= 11 is 1.87. The van der Waals surface area contributed by atoms with Crippen molar-refractivity contribution in [3.05, 3.63) is 60.7 Å². The Labute approximate surface area is 169 Å². The SMILES string of the molecule is CC(CN1c2ccccc2Sc2ccccc21)N(C)C.O=C(O)/C=C/C(=O)O. The lowest BCUT2D eigenvalue weighted by Gasteiger charge is -2.36. The molecule has 0 aromatic heterocycles. The Hall–Kier alpha value is -2.77. The van der Waals surface area contributed by atoms with Gasteiger partial charge in [-0.05, 0) is 45.3 Å². The number of carbonyl (C=O) groups is 2. The lowest BCUT2D eigenvalue weighted by Crippen LogP contribution is -2.37. The molecule has 6 nitrogen and oxygen atoms in total. The molecule has 0 aliphatic carbocycles. The van der Waals surface area contributed by atoms with Crippen molar-refractivity contribution >= 4 is 35.1 Å². The highest BCUT2D eigenvalue weighted by molar-refractivity contribution is 7.99. The van der Waals surface area contributed by atoms with Gasteiger partial charge in [-0.2, -0.15) is 0 Å². The van der Waals surface area contributed by atoms with Crippen LogP contribution in [-0.2, 0) is 9.59 Å². The van der Waals surface area contributed by atoms with E-state index in [1.54, 1.807) is 0 Å². The van der Waals surface area contributed by atoms with Gasteiger partial charge in [-0.25, -0.2) is 9.59 Å². The number of carboxylic acid groups (broad SMARTS) is 2. The molecule has 28 heavy (non-hydrogen) atoms. The van der Waals surface area contributed by atoms with Crippen molar-refractivity contribution in [2.24, 2.45) is 0 Å². The topological polar surface area (TPSA) is 81.1 Å². The van der Waals surface area contributed by atoms with Gasteiger partial charge in [0, 0.05) is 34.5 Å². The summed E-state index contributed by atoms with van der Waals surface area (Å²) in [7, 11) is 4.28. The number of hydrogen-bond donors (Lipinski definition) is 2. The van der Waals surface area contributed by atoms with E-state index in [-0.39, 0.29) is 0 Å². The molecule has 0 amide bonds. The van der Waals surface area contributed by atoms with Crippen LogP contribution in [-0.4, -0.2) is 53.7 Å². The highest BCUT2D eigenvalue weighted by Crippen LogP contribution is 2.47. The molecule has 0 saturated carbocycles. The molecule has 3 rings (SSSR count). The van der Waals surface area contributed by atoms with Gasteiger partial charge in [0.2, 0.25) is 0 Å². The van der Waals surface area contributed by atoms with Crippen LogP contribution in [0.3, 0.4) is 0 Å². The molecule has 2 aromatic rings. The monoisotopic (exact) mass is 400 g/mol. The molecular formula is C21H24N2O4S. The maximum Gasteiger partial charge on any atom is 0.328 e. The summed E-state index contributed by atoms with van der Waals surface area (Å²) in [6.45, 7) is 3.27. The number of hydrogen-bond acceptors (Lipinski definition) is 5. The zero-order valence-electron chi connectivity index (χ0n) is 16.1. The van der Waals surface area contributed by atoms with Crippen molar-refractivity contribution in [1.29, 1.82) is 0 Å². The Bertz CT molecular complexity index is 805. The van der Waals surface area contributed by atoms with E-state index in [1.165, 1.54) is 21.2 Å². The van der Waals surface area contributed by atoms with E-state index >= 15 is 0 Å². The van der Waals surface area contributed by atoms with Gasteiger partial charge in [0.15, 0.2) is 0 Å². The number of anilines is 2. The van der Waals surface area contributed by atoms with Crippen LogP contribution < -0.4 is 4.90 Å². The van der Waals surface area contributed by atoms with Crippen LogP contribution in [0.15, 0.2) is 70.5 Å². The quantitative estimate of drug-likeness (QED) is 0.736. The Morgan fingerprint density at radius 3 is 1.79 bits per heavy atom. The van der Waals surface area contributed by atoms with Crippen LogP contribution in [0.1, 0.15) is 6.92 Å². The van der Waals surface area contributed by atoms with E-state index in [2.05, 4.69) is 79.3 Å². The number of likely N-dealkylation sites (N-methyl/N-ethyl adjacent to an activating group) is 1. The fourth-order valence-electron chi connectivity index (χ4n) is 2.55. The normalized spacial score (nSPS) is 13.4. The molecule has 0 bridgehead atoms. The molecule has 1 atom stereocenters. The second-order valence-electron chi connectivity index (χ2n) is 6.47. The zero-order chi connectivity index (χ0) is 20.7. The number of fused-ring (bicyclic) bond motifs is 2. The largest absolute Gasteiger partial charge is 0.478 e. The van der Waals surface area contributed by atoms with Crippen LogP contribution >= 0.6 is 11.8 Å². The number of benzene rings is 2. The van der Waals surface area contributed by atoms with Crippen molar-refractivity contribution < 1.29 is 19.8 Å². The minimum Gasteiger partial charge on any atom is -0.478 e. The van der Waals surface area contributed by atoms with Crippen LogP contribution in [0.25, 0.3) is 0 Å². The number of aliphatic carboxylic acids is 2. The number of para-hydroxylation sites is 2. The average Bonchev–Trinajstić information content (AvgIpc) is 2.66. The molecule has 0 radical (unpaired) electrons. The Balaban J connectivity index is 0.000000300. The minimum absolute atomic E-state index is 0.499. The Kier molecular flexibility index (Phi) is 7.66. The van der Waals surface area contributed by atoms with Gasteiger partial charge in [-0.3, -0.25) is 0 Å². The molecule has 2 N–H and O–H groups in total. The highest BCUT2D eigenvalue weighted by atomic mass is 32.2. The summed E-state index contributed by atoms with van der Waals surface area (Å²) < 4.78 is 0. The Morgan fingerprint density at radius 1 is 0.964 bits per heavy atom. The van der Waals surface area contributed by atoms with E-state index in [0.717, 1.165) is 6.54 Å². The van der Waals surface area contributed by atoms with Crippen molar-refractivity contribution in [1.82, 2.24) is 4.90 Å². The zero-order valence-corrected chi connectivity index (χ0v) is 16.9. The van der Waals surface area contributed by atoms with Crippen LogP contribution in [0, 0.1) is 0 Å². The predicted molar refractivity (Wildman–Crippen MR) is 112 cm³/mol. The van der Waals surface area contributed by atoms with Crippen LogP contribution in [0.4, 0.5) is 11.4 Å². The summed E-state index contributed by atoms with van der Waals surface area (Å²) in [6, 6.07) is 17.9. The van der Waals surface area contributed by atoms with Crippen molar-refractivity contribution in [3.63, 3.8) is 0 Å². The summed E-state index contributed by atoms with van der Waals surface area (Å²) in [4.78, 5) is 26.5. The van der Waals surface area contributed by atoms with Crippen LogP contribution in [0.5, 0.6) is 0 Å². The summed E-state index contributed by atoms with van der Waals surface area (Å²) in [5.74, 6) is -2.51. The molecule has 1 heterocycles. The molecule has 1 unspecified atom stereocenters. The molecule has 148 valence electrons. The fourth-order valence-corrected chi connectivity index (χ4v) is 3.64. The van der Waals surface area contributed by atoms with Gasteiger partial charge in [0.1, 0.15) is 0 Å². The molecule has 7 heteroatoms. The van der Waals surface area contributed by atoms with Crippen molar-refractivity contribution in [2.45, 2.75) is 22.8 Å². The highest BCUT2D eigenvalue weighted by Gasteiger charge is 2.24. The van der Waals surface area contributed by atoms with Gasteiger partial charge >= 0.3 is 11.9 Å². The summed E-state index contributed by atoms with van der Waals surface area (Å²) in [5.41, 5.74) is 2.65. The van der Waals surface area contributed by atoms with E-state index in [4.69, 9.17) is 10.2 Å². The van der Waals surface area contributed by atoms with Crippen molar-refractivity contribution in [2.75, 3.05) is 25.5 Å². The third-order valence-corrected chi connectivity index (χ3v) is 5.36. The molecule has 1 aliphatic rings. The fraction of sp³-hybridized carbons (Fsp3) is 0.238. The molecule has 2 aromatic carbocycles. The van der Waals surface area contributed by atoms with Gasteiger partial charge in [-0.15, -0.1) is 0 Å².